The predicted octanol–water partition coefficient (Wildman–Crippen LogP) is 1.44. The number of amides is 1. The normalized spacial score (nSPS) is 15.1. The van der Waals surface area contributed by atoms with Gasteiger partial charge in [0.15, 0.2) is 18.1 Å². The van der Waals surface area contributed by atoms with E-state index in [-0.39, 0.29) is 6.61 Å². The lowest BCUT2D eigenvalue weighted by Gasteiger charge is -2.15. The number of aliphatic carboxylic acids is 1. The summed E-state index contributed by atoms with van der Waals surface area (Å²) in [6.45, 7) is -0.241. The van der Waals surface area contributed by atoms with E-state index in [1.807, 2.05) is 0 Å². The topological polar surface area (TPSA) is 84.9 Å². The molecule has 1 saturated carbocycles. The zero-order chi connectivity index (χ0) is 15.2. The largest absolute Gasteiger partial charge is 0.493 e. The molecular weight excluding hydrogens is 274 g/mol. The molecule has 6 heteroatoms. The summed E-state index contributed by atoms with van der Waals surface area (Å²) in [7, 11) is 1.51. The Hall–Kier alpha value is -2.24. The van der Waals surface area contributed by atoms with Crippen molar-refractivity contribution in [3.63, 3.8) is 0 Å². The van der Waals surface area contributed by atoms with Crippen LogP contribution in [-0.4, -0.2) is 36.7 Å². The average molecular weight is 293 g/mol. The molecule has 2 N–H and O–H groups in total. The molecule has 1 aliphatic rings. The first kappa shape index (κ1) is 15.2. The van der Waals surface area contributed by atoms with Crippen molar-refractivity contribution < 1.29 is 24.2 Å². The maximum Gasteiger partial charge on any atom is 0.326 e. The second-order valence-corrected chi connectivity index (χ2v) is 5.08. The average Bonchev–Trinajstić information content (AvgIpc) is 3.28. The molecule has 21 heavy (non-hydrogen) atoms. The van der Waals surface area contributed by atoms with Crippen molar-refractivity contribution in [2.75, 3.05) is 13.7 Å². The van der Waals surface area contributed by atoms with E-state index in [2.05, 4.69) is 5.32 Å². The number of hydrogen-bond acceptors (Lipinski definition) is 4. The molecule has 1 atom stereocenters. The maximum absolute atomic E-state index is 11.8. The van der Waals surface area contributed by atoms with Crippen LogP contribution in [0.25, 0.3) is 0 Å². The van der Waals surface area contributed by atoms with Gasteiger partial charge < -0.3 is 19.9 Å². The molecule has 6 nitrogen and oxygen atoms in total. The molecule has 1 aliphatic carbocycles. The lowest BCUT2D eigenvalue weighted by molar-refractivity contribution is -0.142. The molecule has 1 aromatic carbocycles. The first-order valence-electron chi connectivity index (χ1n) is 6.88. The van der Waals surface area contributed by atoms with Crippen LogP contribution in [0.3, 0.4) is 0 Å². The molecular formula is C15H19NO5. The third-order valence-corrected chi connectivity index (χ3v) is 3.33. The number of para-hydroxylation sites is 2. The molecule has 0 aromatic heterocycles. The van der Waals surface area contributed by atoms with E-state index >= 15 is 0 Å². The third-order valence-electron chi connectivity index (χ3n) is 3.33. The lowest BCUT2D eigenvalue weighted by atomic mass is 10.1. The smallest absolute Gasteiger partial charge is 0.326 e. The van der Waals surface area contributed by atoms with E-state index in [0.29, 0.717) is 23.8 Å². The van der Waals surface area contributed by atoms with Gasteiger partial charge in [-0.15, -0.1) is 0 Å². The highest BCUT2D eigenvalue weighted by molar-refractivity contribution is 5.84. The van der Waals surface area contributed by atoms with Crippen LogP contribution in [0.5, 0.6) is 11.5 Å². The van der Waals surface area contributed by atoms with Gasteiger partial charge in [0, 0.05) is 0 Å². The summed E-state index contributed by atoms with van der Waals surface area (Å²) in [6, 6.07) is 6.13. The van der Waals surface area contributed by atoms with Crippen LogP contribution in [0.4, 0.5) is 0 Å². The molecule has 0 spiro atoms. The first-order valence-corrected chi connectivity index (χ1v) is 6.88. The number of carboxylic acids is 1. The van der Waals surface area contributed by atoms with Crippen molar-refractivity contribution in [1.29, 1.82) is 0 Å². The number of carbonyl (C=O) groups excluding carboxylic acids is 1. The van der Waals surface area contributed by atoms with E-state index in [9.17, 15) is 9.59 Å². The minimum Gasteiger partial charge on any atom is -0.493 e. The van der Waals surface area contributed by atoms with Crippen LogP contribution < -0.4 is 14.8 Å². The highest BCUT2D eigenvalue weighted by Gasteiger charge is 2.30. The minimum atomic E-state index is -1.01. The highest BCUT2D eigenvalue weighted by atomic mass is 16.5. The van der Waals surface area contributed by atoms with Crippen LogP contribution in [0.2, 0.25) is 0 Å². The standard InChI is InChI=1S/C15H19NO5/c1-20-12-4-2-3-5-13(12)21-9-14(17)16-11(15(18)19)8-10-6-7-10/h2-5,10-11H,6-9H2,1H3,(H,16,17)(H,18,19). The van der Waals surface area contributed by atoms with Gasteiger partial charge in [-0.2, -0.15) is 0 Å². The Morgan fingerprint density at radius 1 is 1.33 bits per heavy atom. The van der Waals surface area contributed by atoms with Gasteiger partial charge in [-0.1, -0.05) is 25.0 Å². The zero-order valence-corrected chi connectivity index (χ0v) is 11.9. The van der Waals surface area contributed by atoms with Crippen molar-refractivity contribution in [1.82, 2.24) is 5.32 Å². The van der Waals surface area contributed by atoms with Crippen molar-refractivity contribution in [3.8, 4) is 11.5 Å². The fraction of sp³-hybridized carbons (Fsp3) is 0.467. The van der Waals surface area contributed by atoms with Crippen LogP contribution >= 0.6 is 0 Å². The van der Waals surface area contributed by atoms with Gasteiger partial charge in [-0.25, -0.2) is 4.79 Å². The number of nitrogens with one attached hydrogen (secondary N) is 1. The molecule has 1 unspecified atom stereocenters. The first-order chi connectivity index (χ1) is 10.1. The van der Waals surface area contributed by atoms with Gasteiger partial charge in [0.2, 0.25) is 0 Å². The predicted molar refractivity (Wildman–Crippen MR) is 75.4 cm³/mol. The number of rotatable bonds is 8. The van der Waals surface area contributed by atoms with Gasteiger partial charge in [0.1, 0.15) is 6.04 Å². The summed E-state index contributed by atoms with van der Waals surface area (Å²) in [5, 5.41) is 11.6. The summed E-state index contributed by atoms with van der Waals surface area (Å²) in [5.74, 6) is -0.0645. The second kappa shape index (κ2) is 6.97. The molecule has 114 valence electrons. The minimum absolute atomic E-state index is 0.241. The second-order valence-electron chi connectivity index (χ2n) is 5.08. The molecule has 1 aromatic rings. The lowest BCUT2D eigenvalue weighted by Crippen LogP contribution is -2.43. The number of methoxy groups -OCH3 is 1. The van der Waals surface area contributed by atoms with E-state index in [1.54, 1.807) is 24.3 Å². The monoisotopic (exact) mass is 293 g/mol. The molecule has 0 radical (unpaired) electrons. The fourth-order valence-electron chi connectivity index (χ4n) is 2.03. The Morgan fingerprint density at radius 3 is 2.57 bits per heavy atom. The Balaban J connectivity index is 1.84. The van der Waals surface area contributed by atoms with Crippen LogP contribution in [0, 0.1) is 5.92 Å². The van der Waals surface area contributed by atoms with Crippen LogP contribution in [-0.2, 0) is 9.59 Å². The summed E-state index contributed by atoms with van der Waals surface area (Å²) < 4.78 is 10.5. The number of ether oxygens (including phenoxy) is 2. The van der Waals surface area contributed by atoms with Crippen LogP contribution in [0.15, 0.2) is 24.3 Å². The summed E-state index contributed by atoms with van der Waals surface area (Å²) in [5.41, 5.74) is 0. The van der Waals surface area contributed by atoms with Gasteiger partial charge in [-0.05, 0) is 24.5 Å². The summed E-state index contributed by atoms with van der Waals surface area (Å²) in [6.07, 6.45) is 2.56. The van der Waals surface area contributed by atoms with Crippen molar-refractivity contribution >= 4 is 11.9 Å². The highest BCUT2D eigenvalue weighted by Crippen LogP contribution is 2.33. The molecule has 2 rings (SSSR count). The fourth-order valence-corrected chi connectivity index (χ4v) is 2.03. The molecule has 0 bridgehead atoms. The third kappa shape index (κ3) is 4.66. The van der Waals surface area contributed by atoms with E-state index < -0.39 is 17.9 Å². The Morgan fingerprint density at radius 2 is 2.00 bits per heavy atom. The molecule has 0 aliphatic heterocycles. The molecule has 0 heterocycles. The Kier molecular flexibility index (Phi) is 5.03. The van der Waals surface area contributed by atoms with Gasteiger partial charge in [0.05, 0.1) is 7.11 Å². The van der Waals surface area contributed by atoms with Crippen molar-refractivity contribution in [2.24, 2.45) is 5.92 Å². The van der Waals surface area contributed by atoms with Gasteiger partial charge >= 0.3 is 5.97 Å². The summed E-state index contributed by atoms with van der Waals surface area (Å²) in [4.78, 5) is 22.9. The number of benzene rings is 1. The molecule has 0 saturated heterocycles. The van der Waals surface area contributed by atoms with Crippen LogP contribution in [0.1, 0.15) is 19.3 Å². The van der Waals surface area contributed by atoms with E-state index in [1.165, 1.54) is 7.11 Å². The Labute approximate surface area is 123 Å². The van der Waals surface area contributed by atoms with Gasteiger partial charge in [-0.3, -0.25) is 4.79 Å². The summed E-state index contributed by atoms with van der Waals surface area (Å²) >= 11 is 0. The quantitative estimate of drug-likeness (QED) is 0.757. The van der Waals surface area contributed by atoms with Crippen molar-refractivity contribution in [2.45, 2.75) is 25.3 Å². The van der Waals surface area contributed by atoms with Gasteiger partial charge in [0.25, 0.3) is 5.91 Å². The van der Waals surface area contributed by atoms with E-state index in [4.69, 9.17) is 14.6 Å². The van der Waals surface area contributed by atoms with Crippen molar-refractivity contribution in [3.05, 3.63) is 24.3 Å². The van der Waals surface area contributed by atoms with E-state index in [0.717, 1.165) is 12.8 Å². The molecule has 1 amide bonds. The molecule has 1 fully saturated rings. The number of carboxylic acid groups (broad SMARTS) is 1. The maximum atomic E-state index is 11.8. The zero-order valence-electron chi connectivity index (χ0n) is 11.9. The number of carbonyl (C=O) groups is 2. The Bertz CT molecular complexity index is 513. The SMILES string of the molecule is COc1ccccc1OCC(=O)NC(CC1CC1)C(=O)O. The number of hydrogen-bond donors (Lipinski definition) is 2.